The zero-order valence-electron chi connectivity index (χ0n) is 16.8. The fraction of sp³-hybridized carbons (Fsp3) is 0.286. The average Bonchev–Trinajstić information content (AvgIpc) is 3.17. The van der Waals surface area contributed by atoms with Gasteiger partial charge in [-0.15, -0.1) is 0 Å². The van der Waals surface area contributed by atoms with Crippen LogP contribution in [-0.2, 0) is 26.0 Å². The predicted molar refractivity (Wildman–Crippen MR) is 114 cm³/mol. The van der Waals surface area contributed by atoms with Gasteiger partial charge >= 0.3 is 0 Å². The first kappa shape index (κ1) is 20.2. The maximum absolute atomic E-state index is 13.2. The fourth-order valence-electron chi connectivity index (χ4n) is 3.59. The first-order chi connectivity index (χ1) is 14.3. The molecule has 2 aliphatic heterocycles. The van der Waals surface area contributed by atoms with E-state index in [0.717, 1.165) is 5.56 Å². The quantitative estimate of drug-likeness (QED) is 0.748. The van der Waals surface area contributed by atoms with E-state index < -0.39 is 10.0 Å². The van der Waals surface area contributed by atoms with Crippen molar-refractivity contribution in [2.24, 2.45) is 5.10 Å². The second-order valence-corrected chi connectivity index (χ2v) is 9.52. The lowest BCUT2D eigenvalue weighted by Crippen LogP contribution is -2.41. The molecule has 30 heavy (non-hydrogen) atoms. The van der Waals surface area contributed by atoms with Gasteiger partial charge in [0.1, 0.15) is 5.71 Å². The van der Waals surface area contributed by atoms with Crippen molar-refractivity contribution < 1.29 is 18.0 Å². The van der Waals surface area contributed by atoms with Crippen molar-refractivity contribution in [3.63, 3.8) is 0 Å². The molecule has 0 saturated heterocycles. The molecule has 156 valence electrons. The lowest BCUT2D eigenvalue weighted by molar-refractivity contribution is -0.118. The minimum atomic E-state index is -3.54. The number of benzene rings is 2. The van der Waals surface area contributed by atoms with Gasteiger partial charge in [-0.05, 0) is 42.3 Å². The predicted octanol–water partition coefficient (Wildman–Crippen LogP) is 2.01. The summed E-state index contributed by atoms with van der Waals surface area (Å²) in [5.74, 6) is -0.413. The molecule has 2 aromatic carbocycles. The largest absolute Gasteiger partial charge is 0.307 e. The van der Waals surface area contributed by atoms with Gasteiger partial charge in [0.2, 0.25) is 15.9 Å². The normalized spacial score (nSPS) is 16.6. The highest BCUT2D eigenvalue weighted by Crippen LogP contribution is 2.32. The second-order valence-electron chi connectivity index (χ2n) is 7.37. The number of hydrogen-bond donors (Lipinski definition) is 0. The van der Waals surface area contributed by atoms with Crippen LogP contribution in [0.5, 0.6) is 0 Å². The van der Waals surface area contributed by atoms with Crippen molar-refractivity contribution in [1.82, 2.24) is 4.31 Å². The van der Waals surface area contributed by atoms with Crippen LogP contribution in [0, 0.1) is 0 Å². The van der Waals surface area contributed by atoms with Gasteiger partial charge in [-0.2, -0.15) is 5.10 Å². The lowest BCUT2D eigenvalue weighted by atomic mass is 10.1. The Hall–Kier alpha value is -3.04. The van der Waals surface area contributed by atoms with Crippen LogP contribution in [0.15, 0.2) is 58.5 Å². The second kappa shape index (κ2) is 7.66. The van der Waals surface area contributed by atoms with Crippen molar-refractivity contribution in [2.75, 3.05) is 30.5 Å². The molecule has 2 heterocycles. The monoisotopic (exact) mass is 426 g/mol. The summed E-state index contributed by atoms with van der Waals surface area (Å²) in [6, 6.07) is 13.8. The molecule has 0 saturated carbocycles. The molecule has 2 amide bonds. The zero-order chi connectivity index (χ0) is 21.5. The van der Waals surface area contributed by atoms with Crippen molar-refractivity contribution in [3.8, 4) is 0 Å². The summed E-state index contributed by atoms with van der Waals surface area (Å²) in [7, 11) is -0.568. The number of amides is 2. The molecule has 0 fully saturated rings. The van der Waals surface area contributed by atoms with Crippen LogP contribution in [-0.4, -0.2) is 50.9 Å². The molecule has 2 aromatic rings. The van der Waals surface area contributed by atoms with Crippen LogP contribution >= 0.6 is 0 Å². The maximum atomic E-state index is 13.2. The van der Waals surface area contributed by atoms with E-state index in [4.69, 9.17) is 0 Å². The molecule has 9 heteroatoms. The highest BCUT2D eigenvalue weighted by Gasteiger charge is 2.32. The summed E-state index contributed by atoms with van der Waals surface area (Å²) in [4.78, 5) is 27.3. The van der Waals surface area contributed by atoms with Gasteiger partial charge in [0.15, 0.2) is 0 Å². The molecule has 0 atom stereocenters. The third-order valence-electron chi connectivity index (χ3n) is 5.25. The minimum absolute atomic E-state index is 0.155. The van der Waals surface area contributed by atoms with Crippen LogP contribution in [0.25, 0.3) is 0 Å². The Labute approximate surface area is 175 Å². The first-order valence-corrected chi connectivity index (χ1v) is 11.1. The molecule has 0 aromatic heterocycles. The number of carbonyl (C=O) groups is 2. The van der Waals surface area contributed by atoms with Crippen molar-refractivity contribution >= 4 is 38.9 Å². The summed E-state index contributed by atoms with van der Waals surface area (Å²) < 4.78 is 25.9. The van der Waals surface area contributed by atoms with Crippen molar-refractivity contribution in [1.29, 1.82) is 0 Å². The third kappa shape index (κ3) is 3.50. The topological polar surface area (TPSA) is 90.4 Å². The molecule has 2 aliphatic rings. The number of fused-ring (bicyclic) bond motifs is 1. The molecule has 0 bridgehead atoms. The Kier molecular flexibility index (Phi) is 5.17. The summed E-state index contributed by atoms with van der Waals surface area (Å²) >= 11 is 0. The first-order valence-electron chi connectivity index (χ1n) is 9.62. The Balaban J connectivity index is 1.62. The van der Waals surface area contributed by atoms with Gasteiger partial charge in [0.25, 0.3) is 5.91 Å². The number of para-hydroxylation sites is 1. The lowest BCUT2D eigenvalue weighted by Gasteiger charge is -2.25. The van der Waals surface area contributed by atoms with E-state index in [1.165, 1.54) is 29.5 Å². The Morgan fingerprint density at radius 1 is 1.03 bits per heavy atom. The van der Waals surface area contributed by atoms with E-state index >= 15 is 0 Å². The molecule has 0 radical (unpaired) electrons. The molecule has 0 aliphatic carbocycles. The van der Waals surface area contributed by atoms with Gasteiger partial charge in [0.05, 0.1) is 10.6 Å². The summed E-state index contributed by atoms with van der Waals surface area (Å²) in [5, 5.41) is 5.62. The molecular formula is C21H22N4O4S. The molecule has 0 spiro atoms. The van der Waals surface area contributed by atoms with E-state index in [2.05, 4.69) is 5.10 Å². The highest BCUT2D eigenvalue weighted by atomic mass is 32.2. The number of hydrogen-bond acceptors (Lipinski definition) is 5. The smallest absolute Gasteiger partial charge is 0.274 e. The maximum Gasteiger partial charge on any atom is 0.274 e. The van der Waals surface area contributed by atoms with Crippen LogP contribution in [0.4, 0.5) is 11.4 Å². The summed E-state index contributed by atoms with van der Waals surface area (Å²) in [5.41, 5.74) is 2.42. The molecule has 4 rings (SSSR count). The number of anilines is 2. The Bertz CT molecular complexity index is 1140. The van der Waals surface area contributed by atoms with E-state index in [1.807, 2.05) is 18.2 Å². The zero-order valence-corrected chi connectivity index (χ0v) is 17.6. The van der Waals surface area contributed by atoms with Crippen LogP contribution < -0.4 is 9.91 Å². The van der Waals surface area contributed by atoms with E-state index in [1.54, 1.807) is 29.2 Å². The number of hydrazone groups is 1. The number of rotatable bonds is 4. The van der Waals surface area contributed by atoms with Gasteiger partial charge in [-0.3, -0.25) is 9.59 Å². The molecule has 0 N–H and O–H groups in total. The number of carbonyl (C=O) groups excluding carboxylic acids is 2. The van der Waals surface area contributed by atoms with E-state index in [0.29, 0.717) is 30.1 Å². The van der Waals surface area contributed by atoms with E-state index in [-0.39, 0.29) is 29.6 Å². The van der Waals surface area contributed by atoms with E-state index in [9.17, 15) is 18.0 Å². The minimum Gasteiger partial charge on any atom is -0.307 e. The standard InChI is InChI=1S/C21H22N4O4S/c1-23(2)30(28,29)17-8-10-19-15(14-17)12-13-24(19)21(27)18-9-11-20(26)25(22-18)16-6-4-3-5-7-16/h3-8,10,14H,9,11-13H2,1-2H3. The van der Waals surface area contributed by atoms with Gasteiger partial charge < -0.3 is 4.90 Å². The molecular weight excluding hydrogens is 404 g/mol. The summed E-state index contributed by atoms with van der Waals surface area (Å²) in [6.45, 7) is 0.442. The molecule has 8 nitrogen and oxygen atoms in total. The van der Waals surface area contributed by atoms with Crippen LogP contribution in [0.2, 0.25) is 0 Å². The highest BCUT2D eigenvalue weighted by molar-refractivity contribution is 7.89. The third-order valence-corrected chi connectivity index (χ3v) is 7.06. The number of nitrogens with zero attached hydrogens (tertiary/aromatic N) is 4. The Morgan fingerprint density at radius 2 is 1.77 bits per heavy atom. The Morgan fingerprint density at radius 3 is 2.47 bits per heavy atom. The molecule has 0 unspecified atom stereocenters. The van der Waals surface area contributed by atoms with Gasteiger partial charge in [-0.1, -0.05) is 18.2 Å². The van der Waals surface area contributed by atoms with Crippen LogP contribution in [0.3, 0.4) is 0 Å². The van der Waals surface area contributed by atoms with Gasteiger partial charge in [-0.25, -0.2) is 17.7 Å². The fourth-order valence-corrected chi connectivity index (χ4v) is 4.55. The number of sulfonamides is 1. The SMILES string of the molecule is CN(C)S(=O)(=O)c1ccc2c(c1)CCN2C(=O)C1=NN(c2ccccc2)C(=O)CC1. The van der Waals surface area contributed by atoms with Crippen molar-refractivity contribution in [2.45, 2.75) is 24.2 Å². The van der Waals surface area contributed by atoms with Crippen LogP contribution in [0.1, 0.15) is 18.4 Å². The van der Waals surface area contributed by atoms with Gasteiger partial charge in [0, 0.05) is 39.2 Å². The average molecular weight is 426 g/mol. The van der Waals surface area contributed by atoms with Crippen molar-refractivity contribution in [3.05, 3.63) is 54.1 Å². The summed E-state index contributed by atoms with van der Waals surface area (Å²) in [6.07, 6.45) is 1.05.